The second-order valence-electron chi connectivity index (χ2n) is 3.26. The molecular weight excluding hydrogens is 293 g/mol. The van der Waals surface area contributed by atoms with E-state index in [0.717, 1.165) is 0 Å². The zero-order valence-corrected chi connectivity index (χ0v) is 12.3. The van der Waals surface area contributed by atoms with Gasteiger partial charge < -0.3 is 14.9 Å². The van der Waals surface area contributed by atoms with Crippen LogP contribution < -0.4 is 60.9 Å². The number of phenolic OH excluding ortho intramolecular Hbond substituents is 1. The maximum absolute atomic E-state index is 11.3. The zero-order valence-electron chi connectivity index (χ0n) is 9.19. The van der Waals surface area contributed by atoms with Gasteiger partial charge in [0.25, 0.3) is 16.8 Å². The first-order valence-electron chi connectivity index (χ1n) is 4.35. The number of hydrogen-bond acceptors (Lipinski definition) is 8. The Balaban J connectivity index is 0.00000133. The number of H-pyrrole nitrogens is 1. The predicted molar refractivity (Wildman–Crippen MR) is 48.8 cm³/mol. The van der Waals surface area contributed by atoms with Crippen LogP contribution >= 0.6 is 0 Å². The molecule has 0 aliphatic rings. The quantitative estimate of drug-likeness (QED) is 0.198. The molecule has 13 heteroatoms. The van der Waals surface area contributed by atoms with Crippen LogP contribution in [-0.2, 0) is 0 Å². The number of aromatic amines is 1. The van der Waals surface area contributed by atoms with Crippen LogP contribution in [0.4, 0.5) is 5.69 Å². The predicted octanol–water partition coefficient (Wildman–Crippen LogP) is -3.93. The molecule has 19 heavy (non-hydrogen) atoms. The Labute approximate surface area is 143 Å². The Morgan fingerprint density at radius 3 is 2.74 bits per heavy atom. The molecule has 0 saturated carbocycles. The van der Waals surface area contributed by atoms with Crippen molar-refractivity contribution in [3.63, 3.8) is 0 Å². The fourth-order valence-corrected chi connectivity index (χ4v) is 1.65. The van der Waals surface area contributed by atoms with E-state index in [0.29, 0.717) is 0 Å². The molecule has 0 aliphatic carbocycles. The van der Waals surface area contributed by atoms with Gasteiger partial charge in [-0.3, -0.25) is 10.1 Å². The maximum Gasteiger partial charge on any atom is 1.00 e. The molecule has 2 heterocycles. The van der Waals surface area contributed by atoms with Gasteiger partial charge in [-0.25, -0.2) is 0 Å². The number of rotatable bonds is 1. The summed E-state index contributed by atoms with van der Waals surface area (Å²) in [5.41, 5.74) is -2.71. The first kappa shape index (κ1) is 13.9. The van der Waals surface area contributed by atoms with Gasteiger partial charge in [-0.2, -0.15) is 5.16 Å². The molecule has 3 rings (SSSR count). The van der Waals surface area contributed by atoms with E-state index in [1.54, 1.807) is 0 Å². The fraction of sp³-hybridized carbons (Fsp3) is 0. The molecule has 3 aromatic rings. The molecular formula is C6H2KN5O7+2. The van der Waals surface area contributed by atoms with Gasteiger partial charge in [-0.1, -0.05) is 0 Å². The molecule has 0 amide bonds. The maximum atomic E-state index is 11.3. The summed E-state index contributed by atoms with van der Waals surface area (Å²) in [6, 6.07) is 0. The Hall–Kier alpha value is -1.54. The van der Waals surface area contributed by atoms with Crippen LogP contribution in [0.25, 0.3) is 22.1 Å². The number of aromatic nitrogens is 4. The first-order chi connectivity index (χ1) is 8.52. The van der Waals surface area contributed by atoms with Crippen molar-refractivity contribution >= 4 is 27.8 Å². The number of aromatic hydroxyl groups is 1. The van der Waals surface area contributed by atoms with Crippen molar-refractivity contribution < 1.29 is 80.2 Å². The minimum atomic E-state index is -0.993. The van der Waals surface area contributed by atoms with Crippen molar-refractivity contribution in [2.45, 2.75) is 0 Å². The van der Waals surface area contributed by atoms with Crippen molar-refractivity contribution in [1.29, 1.82) is 0 Å². The van der Waals surface area contributed by atoms with Crippen LogP contribution in [0, 0.1) is 20.2 Å². The molecule has 1 aromatic carbocycles. The third-order valence-corrected chi connectivity index (χ3v) is 2.36. The van der Waals surface area contributed by atoms with Gasteiger partial charge in [0.05, 0.1) is 4.92 Å². The smallest absolute Gasteiger partial charge is 0.499 e. The van der Waals surface area contributed by atoms with Gasteiger partial charge >= 0.3 is 68.1 Å². The standard InChI is InChI=1S/C6HN5O7.K/c12-6-4(9(13)14)1-3(10(15)17-7-1)2-5(6)11(16)18-8-2;/h(H-,7,8,12,15);/q;+1/p+1. The number of hydrogen-bond donors (Lipinski definition) is 2. The molecule has 92 valence electrons. The Kier molecular flexibility index (Phi) is 3.31. The SMILES string of the molecule is O=[N+]([O-])c1c(O)c2c([nH]o[n+]2[O-])c2c1no[n+]2=O.[K+]. The average Bonchev–Trinajstić information content (AvgIpc) is 2.83. The van der Waals surface area contributed by atoms with Crippen molar-refractivity contribution in [1.82, 2.24) is 10.3 Å². The van der Waals surface area contributed by atoms with Gasteiger partial charge in [0, 0.05) is 0 Å². The molecule has 0 bridgehead atoms. The minimum Gasteiger partial charge on any atom is -0.499 e. The summed E-state index contributed by atoms with van der Waals surface area (Å²) in [7, 11) is 0. The number of phenols is 1. The van der Waals surface area contributed by atoms with E-state index in [1.807, 2.05) is 5.16 Å². The molecule has 0 fully saturated rings. The minimum absolute atomic E-state index is 0. The zero-order chi connectivity index (χ0) is 13.0. The molecule has 2 N–H and O–H groups in total. The van der Waals surface area contributed by atoms with Gasteiger partial charge in [0.2, 0.25) is 0 Å². The van der Waals surface area contributed by atoms with Crippen molar-refractivity contribution in [2.24, 2.45) is 0 Å². The molecule has 2 aromatic heterocycles. The van der Waals surface area contributed by atoms with E-state index < -0.39 is 32.9 Å². The number of fused-ring (bicyclic) bond motifs is 3. The van der Waals surface area contributed by atoms with E-state index in [9.17, 15) is 25.3 Å². The molecule has 0 radical (unpaired) electrons. The molecule has 0 unspecified atom stereocenters. The van der Waals surface area contributed by atoms with E-state index in [1.165, 1.54) is 0 Å². The largest absolute Gasteiger partial charge is 1.00 e. The summed E-state index contributed by atoms with van der Waals surface area (Å²) in [5, 5.41) is 36.9. The van der Waals surface area contributed by atoms with E-state index in [2.05, 4.69) is 14.4 Å². The average molecular weight is 295 g/mol. The van der Waals surface area contributed by atoms with Gasteiger partial charge in [0.15, 0.2) is 9.76 Å². The van der Waals surface area contributed by atoms with E-state index >= 15 is 0 Å². The molecule has 0 atom stereocenters. The van der Waals surface area contributed by atoms with E-state index in [4.69, 9.17) is 0 Å². The Morgan fingerprint density at radius 1 is 1.42 bits per heavy atom. The Bertz CT molecular complexity index is 862. The summed E-state index contributed by atoms with van der Waals surface area (Å²) >= 11 is 0. The van der Waals surface area contributed by atoms with Gasteiger partial charge in [-0.15, -0.1) is 0 Å². The number of nitro benzene ring substituents is 1. The normalized spacial score (nSPS) is 10.7. The van der Waals surface area contributed by atoms with Crippen LogP contribution in [0.15, 0.2) is 9.26 Å². The van der Waals surface area contributed by atoms with Crippen LogP contribution in [0.5, 0.6) is 5.75 Å². The van der Waals surface area contributed by atoms with Crippen LogP contribution in [0.2, 0.25) is 0 Å². The van der Waals surface area contributed by atoms with Crippen LogP contribution in [0.1, 0.15) is 0 Å². The van der Waals surface area contributed by atoms with E-state index in [-0.39, 0.29) is 66.4 Å². The summed E-state index contributed by atoms with van der Waals surface area (Å²) in [4.78, 5) is 20.9. The molecule has 0 saturated heterocycles. The number of nitro groups is 1. The first-order valence-corrected chi connectivity index (χ1v) is 4.35. The molecule has 0 spiro atoms. The summed E-state index contributed by atoms with van der Waals surface area (Å²) in [6.45, 7) is 0. The van der Waals surface area contributed by atoms with Crippen LogP contribution in [-0.4, -0.2) is 20.3 Å². The summed E-state index contributed by atoms with van der Waals surface area (Å²) in [5.74, 6) is -0.976. The molecule has 0 aliphatic heterocycles. The van der Waals surface area contributed by atoms with Gasteiger partial charge in [0.1, 0.15) is 0 Å². The number of nitrogens with one attached hydrogen (secondary N) is 1. The fourth-order valence-electron chi connectivity index (χ4n) is 1.65. The summed E-state index contributed by atoms with van der Waals surface area (Å²) in [6.07, 6.45) is 0. The third-order valence-electron chi connectivity index (χ3n) is 2.36. The Morgan fingerprint density at radius 2 is 2.11 bits per heavy atom. The summed E-state index contributed by atoms with van der Waals surface area (Å²) < 4.78 is 8.35. The second-order valence-corrected chi connectivity index (χ2v) is 3.26. The second kappa shape index (κ2) is 4.53. The molecule has 12 nitrogen and oxygen atoms in total. The van der Waals surface area contributed by atoms with Crippen LogP contribution in [0.3, 0.4) is 0 Å². The monoisotopic (exact) mass is 295 g/mol. The van der Waals surface area contributed by atoms with Gasteiger partial charge in [-0.05, 0) is 14.4 Å². The topological polar surface area (TPSA) is 168 Å². The third kappa shape index (κ3) is 1.74. The van der Waals surface area contributed by atoms with Crippen molar-refractivity contribution in [3.8, 4) is 5.75 Å². The number of nitrogens with zero attached hydrogens (tertiary/aromatic N) is 4. The van der Waals surface area contributed by atoms with Crippen molar-refractivity contribution in [3.05, 3.63) is 20.2 Å². The van der Waals surface area contributed by atoms with Crippen molar-refractivity contribution in [2.75, 3.05) is 0 Å². The number of benzene rings is 1.